The summed E-state index contributed by atoms with van der Waals surface area (Å²) in [6.45, 7) is 2.08. The van der Waals surface area contributed by atoms with E-state index in [1.807, 2.05) is 43.3 Å². The number of anilines is 1. The Kier molecular flexibility index (Phi) is 4.62. The molecule has 0 aliphatic heterocycles. The Morgan fingerprint density at radius 3 is 2.38 bits per heavy atom. The molecule has 5 heteroatoms. The van der Waals surface area contributed by atoms with Crippen LogP contribution in [0.3, 0.4) is 0 Å². The molecule has 5 nitrogen and oxygen atoms in total. The lowest BCUT2D eigenvalue weighted by molar-refractivity contribution is 0.395. The Morgan fingerprint density at radius 1 is 1.05 bits per heavy atom. The molecule has 0 fully saturated rings. The van der Waals surface area contributed by atoms with Crippen molar-refractivity contribution in [1.29, 1.82) is 0 Å². The van der Waals surface area contributed by atoms with Crippen LogP contribution in [0.1, 0.15) is 12.6 Å². The van der Waals surface area contributed by atoms with E-state index in [0.29, 0.717) is 5.95 Å². The van der Waals surface area contributed by atoms with Gasteiger partial charge < -0.3 is 14.4 Å². The van der Waals surface area contributed by atoms with Gasteiger partial charge in [-0.2, -0.15) is 0 Å². The molecule has 2 aromatic rings. The van der Waals surface area contributed by atoms with Crippen molar-refractivity contribution in [2.75, 3.05) is 33.2 Å². The zero-order valence-corrected chi connectivity index (χ0v) is 13.2. The van der Waals surface area contributed by atoms with E-state index in [0.717, 1.165) is 34.9 Å². The predicted molar refractivity (Wildman–Crippen MR) is 84.3 cm³/mol. The molecule has 0 aliphatic rings. The van der Waals surface area contributed by atoms with Crippen LogP contribution in [0.4, 0.5) is 5.95 Å². The maximum atomic E-state index is 5.46. The molecule has 21 heavy (non-hydrogen) atoms. The maximum Gasteiger partial charge on any atom is 0.225 e. The predicted octanol–water partition coefficient (Wildman–Crippen LogP) is 2.79. The second kappa shape index (κ2) is 6.43. The van der Waals surface area contributed by atoms with Gasteiger partial charge in [0.25, 0.3) is 0 Å². The van der Waals surface area contributed by atoms with Crippen molar-refractivity contribution in [3.8, 4) is 22.8 Å². The van der Waals surface area contributed by atoms with Gasteiger partial charge in [-0.25, -0.2) is 9.97 Å². The maximum absolute atomic E-state index is 5.46. The molecule has 0 amide bonds. The van der Waals surface area contributed by atoms with Crippen LogP contribution in [0.25, 0.3) is 11.3 Å². The number of aromatic nitrogens is 2. The van der Waals surface area contributed by atoms with Crippen LogP contribution in [0, 0.1) is 0 Å². The molecule has 0 radical (unpaired) electrons. The fourth-order valence-electron chi connectivity index (χ4n) is 2.01. The van der Waals surface area contributed by atoms with Crippen LogP contribution < -0.4 is 14.4 Å². The van der Waals surface area contributed by atoms with Gasteiger partial charge in [0, 0.05) is 31.4 Å². The lowest BCUT2D eigenvalue weighted by Crippen LogP contribution is -2.14. The third-order valence-corrected chi connectivity index (χ3v) is 3.21. The highest BCUT2D eigenvalue weighted by molar-refractivity contribution is 5.69. The molecule has 1 aromatic heterocycles. The average molecular weight is 287 g/mol. The Hall–Kier alpha value is -2.30. The fourth-order valence-corrected chi connectivity index (χ4v) is 2.01. The standard InChI is InChI=1S/C16H21N3O2/c1-6-11-9-14(18-16(17-11)19(2)3)13-8-7-12(20-4)10-15(13)21-5/h7-10H,6H2,1-5H3. The van der Waals surface area contributed by atoms with E-state index in [9.17, 15) is 0 Å². The molecule has 0 spiro atoms. The molecule has 0 N–H and O–H groups in total. The molecular weight excluding hydrogens is 266 g/mol. The summed E-state index contributed by atoms with van der Waals surface area (Å²) in [6.07, 6.45) is 0.856. The fraction of sp³-hybridized carbons (Fsp3) is 0.375. The Balaban J connectivity index is 2.57. The largest absolute Gasteiger partial charge is 0.497 e. The van der Waals surface area contributed by atoms with Gasteiger partial charge in [-0.05, 0) is 24.6 Å². The summed E-state index contributed by atoms with van der Waals surface area (Å²) < 4.78 is 10.7. The summed E-state index contributed by atoms with van der Waals surface area (Å²) in [5.74, 6) is 2.19. The number of ether oxygens (including phenoxy) is 2. The minimum Gasteiger partial charge on any atom is -0.497 e. The van der Waals surface area contributed by atoms with Gasteiger partial charge >= 0.3 is 0 Å². The Labute approximate surface area is 125 Å². The van der Waals surface area contributed by atoms with E-state index in [1.54, 1.807) is 14.2 Å². The van der Waals surface area contributed by atoms with Crippen molar-refractivity contribution in [2.24, 2.45) is 0 Å². The van der Waals surface area contributed by atoms with Crippen LogP contribution in [0.5, 0.6) is 11.5 Å². The highest BCUT2D eigenvalue weighted by Gasteiger charge is 2.12. The van der Waals surface area contributed by atoms with E-state index >= 15 is 0 Å². The highest BCUT2D eigenvalue weighted by Crippen LogP contribution is 2.33. The average Bonchev–Trinajstić information content (AvgIpc) is 2.53. The van der Waals surface area contributed by atoms with Gasteiger partial charge in [0.2, 0.25) is 5.95 Å². The minimum atomic E-state index is 0.697. The van der Waals surface area contributed by atoms with Crippen molar-refractivity contribution in [1.82, 2.24) is 9.97 Å². The van der Waals surface area contributed by atoms with Gasteiger partial charge in [0.15, 0.2) is 0 Å². The molecule has 1 heterocycles. The highest BCUT2D eigenvalue weighted by atomic mass is 16.5. The molecule has 0 aliphatic carbocycles. The molecule has 0 atom stereocenters. The summed E-state index contributed by atoms with van der Waals surface area (Å²) >= 11 is 0. The first-order chi connectivity index (χ1) is 10.1. The number of hydrogen-bond acceptors (Lipinski definition) is 5. The SMILES string of the molecule is CCc1cc(-c2ccc(OC)cc2OC)nc(N(C)C)n1. The van der Waals surface area contributed by atoms with E-state index < -0.39 is 0 Å². The Bertz CT molecular complexity index is 627. The monoisotopic (exact) mass is 287 g/mol. The van der Waals surface area contributed by atoms with E-state index in [2.05, 4.69) is 16.9 Å². The van der Waals surface area contributed by atoms with Crippen molar-refractivity contribution in [3.63, 3.8) is 0 Å². The molecule has 112 valence electrons. The van der Waals surface area contributed by atoms with E-state index in [1.165, 1.54) is 0 Å². The number of nitrogens with zero attached hydrogens (tertiary/aromatic N) is 3. The zero-order chi connectivity index (χ0) is 15.4. The Morgan fingerprint density at radius 2 is 1.81 bits per heavy atom. The molecule has 0 saturated carbocycles. The van der Waals surface area contributed by atoms with Crippen molar-refractivity contribution >= 4 is 5.95 Å². The number of hydrogen-bond donors (Lipinski definition) is 0. The molecule has 0 bridgehead atoms. The van der Waals surface area contributed by atoms with Gasteiger partial charge in [-0.1, -0.05) is 6.92 Å². The van der Waals surface area contributed by atoms with Gasteiger partial charge in [0.1, 0.15) is 11.5 Å². The van der Waals surface area contributed by atoms with Crippen molar-refractivity contribution in [2.45, 2.75) is 13.3 Å². The van der Waals surface area contributed by atoms with Crippen LogP contribution in [-0.4, -0.2) is 38.3 Å². The second-order valence-electron chi connectivity index (χ2n) is 4.86. The van der Waals surface area contributed by atoms with Crippen LogP contribution in [-0.2, 0) is 6.42 Å². The van der Waals surface area contributed by atoms with Crippen LogP contribution >= 0.6 is 0 Å². The quantitative estimate of drug-likeness (QED) is 0.846. The van der Waals surface area contributed by atoms with Crippen LogP contribution in [0.15, 0.2) is 24.3 Å². The third-order valence-electron chi connectivity index (χ3n) is 3.21. The summed E-state index contributed by atoms with van der Waals surface area (Å²) in [7, 11) is 7.15. The molecule has 2 rings (SSSR count). The molecule has 1 aromatic carbocycles. The lowest BCUT2D eigenvalue weighted by Gasteiger charge is -2.15. The van der Waals surface area contributed by atoms with Gasteiger partial charge in [-0.15, -0.1) is 0 Å². The number of benzene rings is 1. The minimum absolute atomic E-state index is 0.697. The zero-order valence-electron chi connectivity index (χ0n) is 13.2. The van der Waals surface area contributed by atoms with Crippen LogP contribution in [0.2, 0.25) is 0 Å². The normalized spacial score (nSPS) is 10.3. The summed E-state index contributed by atoms with van der Waals surface area (Å²) in [6, 6.07) is 7.72. The first kappa shape index (κ1) is 15.1. The number of rotatable bonds is 5. The molecule has 0 unspecified atom stereocenters. The number of aryl methyl sites for hydroxylation is 1. The third kappa shape index (κ3) is 3.24. The number of methoxy groups -OCH3 is 2. The summed E-state index contributed by atoms with van der Waals surface area (Å²) in [5, 5.41) is 0. The molecular formula is C16H21N3O2. The topological polar surface area (TPSA) is 47.5 Å². The van der Waals surface area contributed by atoms with Crippen molar-refractivity contribution < 1.29 is 9.47 Å². The summed E-state index contributed by atoms with van der Waals surface area (Å²) in [5.41, 5.74) is 2.78. The first-order valence-electron chi connectivity index (χ1n) is 6.86. The second-order valence-corrected chi connectivity index (χ2v) is 4.86. The molecule has 0 saturated heterocycles. The van der Waals surface area contributed by atoms with E-state index in [-0.39, 0.29) is 0 Å². The lowest BCUT2D eigenvalue weighted by atomic mass is 10.1. The smallest absolute Gasteiger partial charge is 0.225 e. The first-order valence-corrected chi connectivity index (χ1v) is 6.86. The summed E-state index contributed by atoms with van der Waals surface area (Å²) in [4.78, 5) is 11.0. The van der Waals surface area contributed by atoms with E-state index in [4.69, 9.17) is 9.47 Å². The van der Waals surface area contributed by atoms with Crippen molar-refractivity contribution in [3.05, 3.63) is 30.0 Å². The van der Waals surface area contributed by atoms with Gasteiger partial charge in [-0.3, -0.25) is 0 Å². The van der Waals surface area contributed by atoms with Gasteiger partial charge in [0.05, 0.1) is 19.9 Å².